The number of fused-ring (bicyclic) bond motifs is 1. The number of halogens is 1. The monoisotopic (exact) mass is 468 g/mol. The van der Waals surface area contributed by atoms with Crippen LogP contribution in [0.5, 0.6) is 0 Å². The van der Waals surface area contributed by atoms with E-state index in [-0.39, 0.29) is 31.0 Å². The first-order chi connectivity index (χ1) is 14.7. The topological polar surface area (TPSA) is 92.8 Å². The van der Waals surface area contributed by atoms with Gasteiger partial charge in [0.15, 0.2) is 0 Å². The highest BCUT2D eigenvalue weighted by Crippen LogP contribution is 2.38. The van der Waals surface area contributed by atoms with E-state index >= 15 is 0 Å². The Morgan fingerprint density at radius 1 is 1.23 bits per heavy atom. The number of amides is 1. The van der Waals surface area contributed by atoms with Gasteiger partial charge in [-0.1, -0.05) is 12.1 Å². The van der Waals surface area contributed by atoms with Gasteiger partial charge in [0.25, 0.3) is 0 Å². The third-order valence-electron chi connectivity index (χ3n) is 5.10. The van der Waals surface area contributed by atoms with Crippen LogP contribution in [-0.4, -0.2) is 40.2 Å². The second-order valence-corrected chi connectivity index (χ2v) is 10.4. The Hall–Kier alpha value is -2.46. The van der Waals surface area contributed by atoms with Crippen LogP contribution in [0.25, 0.3) is 0 Å². The summed E-state index contributed by atoms with van der Waals surface area (Å²) in [6, 6.07) is 5.60. The Labute approximate surface area is 185 Å². The summed E-state index contributed by atoms with van der Waals surface area (Å²) in [7, 11) is -2.41. The minimum absolute atomic E-state index is 0.0175. The molecule has 1 aromatic carbocycles. The number of ether oxygens (including phenoxy) is 1. The molecular weight excluding hydrogens is 443 g/mol. The van der Waals surface area contributed by atoms with Gasteiger partial charge in [-0.2, -0.15) is 0 Å². The first kappa shape index (κ1) is 23.2. The van der Waals surface area contributed by atoms with Crippen molar-refractivity contribution in [2.75, 3.05) is 29.5 Å². The van der Waals surface area contributed by atoms with Crippen molar-refractivity contribution in [3.8, 4) is 0 Å². The number of anilines is 2. The molecule has 0 spiro atoms. The zero-order valence-electron chi connectivity index (χ0n) is 17.4. The molecule has 1 N–H and O–H groups in total. The molecule has 0 bridgehead atoms. The highest BCUT2D eigenvalue weighted by Gasteiger charge is 2.27. The summed E-state index contributed by atoms with van der Waals surface area (Å²) in [4.78, 5) is 25.9. The maximum Gasteiger partial charge on any atom is 0.341 e. The van der Waals surface area contributed by atoms with Crippen LogP contribution in [-0.2, 0) is 32.4 Å². The van der Waals surface area contributed by atoms with Gasteiger partial charge in [-0.15, -0.1) is 11.3 Å². The molecule has 1 aromatic heterocycles. The van der Waals surface area contributed by atoms with Crippen LogP contribution in [0.4, 0.5) is 15.1 Å². The molecule has 0 atom stereocenters. The van der Waals surface area contributed by atoms with Crippen molar-refractivity contribution in [2.45, 2.75) is 38.5 Å². The van der Waals surface area contributed by atoms with Crippen molar-refractivity contribution in [3.63, 3.8) is 0 Å². The number of hydrogen-bond acceptors (Lipinski definition) is 6. The number of rotatable bonds is 8. The Kier molecular flexibility index (Phi) is 7.32. The SMILES string of the molecule is COC(=O)c1c(NC(=O)CCCN(c2ccccc2F)S(C)(=O)=O)sc2c1CCCC2. The number of thiophene rings is 1. The van der Waals surface area contributed by atoms with E-state index in [4.69, 9.17) is 4.74 Å². The van der Waals surface area contributed by atoms with E-state index in [1.54, 1.807) is 6.07 Å². The minimum Gasteiger partial charge on any atom is -0.465 e. The highest BCUT2D eigenvalue weighted by molar-refractivity contribution is 7.92. The molecule has 0 saturated heterocycles. The average molecular weight is 469 g/mol. The Balaban J connectivity index is 1.68. The number of carbonyl (C=O) groups is 2. The molecule has 0 radical (unpaired) electrons. The third-order valence-corrected chi connectivity index (χ3v) is 7.49. The number of nitrogens with one attached hydrogen (secondary N) is 1. The van der Waals surface area contributed by atoms with Gasteiger partial charge in [0.1, 0.15) is 10.8 Å². The van der Waals surface area contributed by atoms with Crippen molar-refractivity contribution in [1.29, 1.82) is 0 Å². The van der Waals surface area contributed by atoms with Gasteiger partial charge < -0.3 is 10.1 Å². The number of hydrogen-bond donors (Lipinski definition) is 1. The van der Waals surface area contributed by atoms with Gasteiger partial charge in [0.05, 0.1) is 24.6 Å². The zero-order valence-corrected chi connectivity index (χ0v) is 19.1. The van der Waals surface area contributed by atoms with Gasteiger partial charge in [0, 0.05) is 17.8 Å². The molecule has 0 saturated carbocycles. The molecular formula is C21H25FN2O5S2. The summed E-state index contributed by atoms with van der Waals surface area (Å²) >= 11 is 1.39. The van der Waals surface area contributed by atoms with Crippen LogP contribution < -0.4 is 9.62 Å². The number of carbonyl (C=O) groups excluding carboxylic acids is 2. The second kappa shape index (κ2) is 9.78. The van der Waals surface area contributed by atoms with Gasteiger partial charge in [0.2, 0.25) is 15.9 Å². The van der Waals surface area contributed by atoms with Gasteiger partial charge in [-0.05, 0) is 49.8 Å². The van der Waals surface area contributed by atoms with Crippen LogP contribution in [0.1, 0.15) is 46.5 Å². The summed E-state index contributed by atoms with van der Waals surface area (Å²) in [5.74, 6) is -1.47. The zero-order chi connectivity index (χ0) is 22.6. The number of nitrogens with zero attached hydrogens (tertiary/aromatic N) is 1. The van der Waals surface area contributed by atoms with E-state index in [0.29, 0.717) is 10.6 Å². The van der Waals surface area contributed by atoms with Gasteiger partial charge >= 0.3 is 5.97 Å². The molecule has 0 aliphatic heterocycles. The number of esters is 1. The van der Waals surface area contributed by atoms with E-state index in [2.05, 4.69) is 5.32 Å². The van der Waals surface area contributed by atoms with Gasteiger partial charge in [-0.25, -0.2) is 17.6 Å². The first-order valence-electron chi connectivity index (χ1n) is 9.97. The van der Waals surface area contributed by atoms with Crippen LogP contribution in [0.2, 0.25) is 0 Å². The largest absolute Gasteiger partial charge is 0.465 e. The van der Waals surface area contributed by atoms with Crippen molar-refractivity contribution >= 4 is 43.9 Å². The predicted octanol–water partition coefficient (Wildman–Crippen LogP) is 3.74. The van der Waals surface area contributed by atoms with E-state index in [0.717, 1.165) is 46.7 Å². The van der Waals surface area contributed by atoms with Crippen molar-refractivity contribution in [2.24, 2.45) is 0 Å². The fraction of sp³-hybridized carbons (Fsp3) is 0.429. The fourth-order valence-electron chi connectivity index (χ4n) is 3.66. The molecule has 1 aliphatic carbocycles. The van der Waals surface area contributed by atoms with Gasteiger partial charge in [-0.3, -0.25) is 9.10 Å². The number of benzene rings is 1. The summed E-state index contributed by atoms with van der Waals surface area (Å²) in [6.07, 6.45) is 4.87. The second-order valence-electron chi connectivity index (χ2n) is 7.34. The molecule has 1 heterocycles. The predicted molar refractivity (Wildman–Crippen MR) is 119 cm³/mol. The number of methoxy groups -OCH3 is 1. The summed E-state index contributed by atoms with van der Waals surface area (Å²) in [6.45, 7) is -0.0437. The third kappa shape index (κ3) is 5.43. The lowest BCUT2D eigenvalue weighted by atomic mass is 9.95. The van der Waals surface area contributed by atoms with Crippen LogP contribution in [0.3, 0.4) is 0 Å². The Bertz CT molecular complexity index is 1080. The van der Waals surface area contributed by atoms with Crippen LogP contribution >= 0.6 is 11.3 Å². The lowest BCUT2D eigenvalue weighted by molar-refractivity contribution is -0.116. The smallest absolute Gasteiger partial charge is 0.341 e. The molecule has 168 valence electrons. The molecule has 2 aromatic rings. The number of sulfonamides is 1. The Morgan fingerprint density at radius 3 is 2.61 bits per heavy atom. The Morgan fingerprint density at radius 2 is 1.94 bits per heavy atom. The molecule has 1 aliphatic rings. The minimum atomic E-state index is -3.72. The molecule has 10 heteroatoms. The first-order valence-corrected chi connectivity index (χ1v) is 12.6. The average Bonchev–Trinajstić information content (AvgIpc) is 3.08. The fourth-order valence-corrected chi connectivity index (χ4v) is 5.92. The number of aryl methyl sites for hydroxylation is 1. The molecule has 0 fully saturated rings. The summed E-state index contributed by atoms with van der Waals surface area (Å²) in [5, 5.41) is 3.25. The van der Waals surface area contributed by atoms with Crippen molar-refractivity contribution in [3.05, 3.63) is 46.1 Å². The lowest BCUT2D eigenvalue weighted by Gasteiger charge is -2.22. The maximum atomic E-state index is 14.1. The maximum absolute atomic E-state index is 14.1. The lowest BCUT2D eigenvalue weighted by Crippen LogP contribution is -2.32. The van der Waals surface area contributed by atoms with E-state index in [9.17, 15) is 22.4 Å². The van der Waals surface area contributed by atoms with E-state index in [1.165, 1.54) is 36.6 Å². The summed E-state index contributed by atoms with van der Waals surface area (Å²) in [5.41, 5.74) is 1.31. The molecule has 1 amide bonds. The molecule has 7 nitrogen and oxygen atoms in total. The molecule has 0 unspecified atom stereocenters. The van der Waals surface area contributed by atoms with Crippen LogP contribution in [0, 0.1) is 5.82 Å². The summed E-state index contributed by atoms with van der Waals surface area (Å²) < 4.78 is 44.2. The van der Waals surface area contributed by atoms with Crippen LogP contribution in [0.15, 0.2) is 24.3 Å². The number of para-hydroxylation sites is 1. The van der Waals surface area contributed by atoms with Crippen molar-refractivity contribution < 1.29 is 27.1 Å². The molecule has 31 heavy (non-hydrogen) atoms. The quantitative estimate of drug-likeness (QED) is 0.596. The van der Waals surface area contributed by atoms with E-state index in [1.807, 2.05) is 0 Å². The normalized spacial score (nSPS) is 13.4. The molecule has 3 rings (SSSR count). The standard InChI is InChI=1S/C21H25FN2O5S2/c1-29-21(26)19-14-8-3-6-11-17(14)30-20(19)23-18(25)12-7-13-24(31(2,27)28)16-10-5-4-9-15(16)22/h4-5,9-10H,3,6-8,11-13H2,1-2H3,(H,23,25). The highest BCUT2D eigenvalue weighted by atomic mass is 32.2. The van der Waals surface area contributed by atoms with Crippen molar-refractivity contribution in [1.82, 2.24) is 0 Å². The van der Waals surface area contributed by atoms with E-state index < -0.39 is 21.8 Å².